The molecule has 0 aliphatic heterocycles. The molecule has 192 valence electrons. The molecule has 2 amide bonds. The van der Waals surface area contributed by atoms with Crippen molar-refractivity contribution in [3.63, 3.8) is 0 Å². The maximum atomic E-state index is 13.3. The topological polar surface area (TPSA) is 86.8 Å². The molecule has 0 fully saturated rings. The van der Waals surface area contributed by atoms with Gasteiger partial charge < -0.3 is 10.2 Å². The quantitative estimate of drug-likeness (QED) is 0.464. The second-order valence-electron chi connectivity index (χ2n) is 9.46. The van der Waals surface area contributed by atoms with E-state index in [1.165, 1.54) is 17.0 Å². The molecule has 0 unspecified atom stereocenters. The molecule has 1 atom stereocenters. The number of rotatable bonds is 10. The average molecular weight is 543 g/mol. The summed E-state index contributed by atoms with van der Waals surface area (Å²) in [5.74, 6) is -0.513. The highest BCUT2D eigenvalue weighted by molar-refractivity contribution is 7.92. The largest absolute Gasteiger partial charge is 0.350 e. The smallest absolute Gasteiger partial charge is 0.242 e. The van der Waals surface area contributed by atoms with E-state index in [0.29, 0.717) is 5.02 Å². The number of halogens is 2. The summed E-state index contributed by atoms with van der Waals surface area (Å²) in [5, 5.41) is 3.51. The van der Waals surface area contributed by atoms with Crippen molar-refractivity contribution in [2.75, 3.05) is 17.1 Å². The van der Waals surface area contributed by atoms with Gasteiger partial charge in [-0.3, -0.25) is 13.9 Å². The molecule has 10 heteroatoms. The van der Waals surface area contributed by atoms with E-state index < -0.39 is 21.6 Å². The third kappa shape index (κ3) is 9.02. The monoisotopic (exact) mass is 541 g/mol. The van der Waals surface area contributed by atoms with E-state index in [0.717, 1.165) is 16.1 Å². The Labute approximate surface area is 218 Å². The zero-order valence-electron chi connectivity index (χ0n) is 20.7. The summed E-state index contributed by atoms with van der Waals surface area (Å²) in [5.41, 5.74) is 0.701. The third-order valence-electron chi connectivity index (χ3n) is 5.19. The number of hydrogen-bond acceptors (Lipinski definition) is 4. The molecule has 2 rings (SSSR count). The number of anilines is 1. The third-order valence-corrected chi connectivity index (χ3v) is 6.92. The number of amides is 2. The van der Waals surface area contributed by atoms with Crippen LogP contribution in [0, 0.1) is 0 Å². The Morgan fingerprint density at radius 3 is 2.26 bits per heavy atom. The number of carbonyl (C=O) groups excluding carboxylic acids is 2. The number of nitrogens with one attached hydrogen (secondary N) is 1. The SMILES string of the molecule is C[C@@H](C(=O)NC(C)(C)C)N(Cc1ccccc1)C(=O)CCCN(c1cc(Cl)ccc1Cl)S(C)(=O)=O. The Balaban J connectivity index is 2.20. The van der Waals surface area contributed by atoms with Crippen molar-refractivity contribution in [3.05, 3.63) is 64.1 Å². The fraction of sp³-hybridized carbons (Fsp3) is 0.440. The maximum Gasteiger partial charge on any atom is 0.242 e. The minimum atomic E-state index is -3.67. The van der Waals surface area contributed by atoms with Crippen molar-refractivity contribution in [2.24, 2.45) is 0 Å². The van der Waals surface area contributed by atoms with Crippen LogP contribution in [0.1, 0.15) is 46.1 Å². The van der Waals surface area contributed by atoms with Crippen molar-refractivity contribution < 1.29 is 18.0 Å². The molecular formula is C25H33Cl2N3O4S. The molecule has 1 N–H and O–H groups in total. The van der Waals surface area contributed by atoms with Gasteiger partial charge in [-0.15, -0.1) is 0 Å². The first-order valence-electron chi connectivity index (χ1n) is 11.3. The Kier molecular flexibility index (Phi) is 10.0. The average Bonchev–Trinajstić information content (AvgIpc) is 2.75. The van der Waals surface area contributed by atoms with Crippen LogP contribution in [-0.2, 0) is 26.2 Å². The molecule has 0 saturated heterocycles. The first kappa shape index (κ1) is 28.9. The zero-order chi connectivity index (χ0) is 26.4. The molecule has 7 nitrogen and oxygen atoms in total. The highest BCUT2D eigenvalue weighted by Gasteiger charge is 2.29. The second kappa shape index (κ2) is 12.1. The van der Waals surface area contributed by atoms with Crippen LogP contribution in [-0.4, -0.2) is 49.5 Å². The van der Waals surface area contributed by atoms with Gasteiger partial charge in [0.15, 0.2) is 0 Å². The molecule has 0 bridgehead atoms. The number of sulfonamides is 1. The van der Waals surface area contributed by atoms with E-state index in [4.69, 9.17) is 23.2 Å². The highest BCUT2D eigenvalue weighted by Crippen LogP contribution is 2.31. The molecule has 2 aromatic carbocycles. The number of benzene rings is 2. The van der Waals surface area contributed by atoms with Crippen LogP contribution in [0.4, 0.5) is 5.69 Å². The van der Waals surface area contributed by atoms with Crippen molar-refractivity contribution in [1.29, 1.82) is 0 Å². The summed E-state index contributed by atoms with van der Waals surface area (Å²) in [6, 6.07) is 13.3. The van der Waals surface area contributed by atoms with Gasteiger partial charge in [0.05, 0.1) is 17.0 Å². The summed E-state index contributed by atoms with van der Waals surface area (Å²) in [7, 11) is -3.67. The van der Waals surface area contributed by atoms with Gasteiger partial charge in [-0.25, -0.2) is 8.42 Å². The molecule has 35 heavy (non-hydrogen) atoms. The van der Waals surface area contributed by atoms with Crippen LogP contribution >= 0.6 is 23.2 Å². The molecular weight excluding hydrogens is 509 g/mol. The predicted octanol–water partition coefficient (Wildman–Crippen LogP) is 4.87. The summed E-state index contributed by atoms with van der Waals surface area (Å²) in [4.78, 5) is 27.6. The first-order chi connectivity index (χ1) is 16.2. The van der Waals surface area contributed by atoms with Gasteiger partial charge in [0.1, 0.15) is 6.04 Å². The van der Waals surface area contributed by atoms with E-state index in [9.17, 15) is 18.0 Å². The van der Waals surface area contributed by atoms with Gasteiger partial charge in [-0.05, 0) is 57.9 Å². The summed E-state index contributed by atoms with van der Waals surface area (Å²) >= 11 is 12.3. The van der Waals surface area contributed by atoms with E-state index in [-0.39, 0.29) is 48.5 Å². The van der Waals surface area contributed by atoms with Crippen LogP contribution in [0.15, 0.2) is 48.5 Å². The van der Waals surface area contributed by atoms with Crippen LogP contribution in [0.3, 0.4) is 0 Å². The lowest BCUT2D eigenvalue weighted by Gasteiger charge is -2.32. The van der Waals surface area contributed by atoms with Crippen LogP contribution in [0.25, 0.3) is 0 Å². The normalized spacial score (nSPS) is 12.7. The minimum absolute atomic E-state index is 0.0341. The number of carbonyl (C=O) groups is 2. The lowest BCUT2D eigenvalue weighted by molar-refractivity contribution is -0.141. The highest BCUT2D eigenvalue weighted by atomic mass is 35.5. The Morgan fingerprint density at radius 1 is 1.06 bits per heavy atom. The van der Waals surface area contributed by atoms with E-state index in [2.05, 4.69) is 5.32 Å². The van der Waals surface area contributed by atoms with E-state index in [1.807, 2.05) is 51.1 Å². The van der Waals surface area contributed by atoms with Gasteiger partial charge in [-0.1, -0.05) is 53.5 Å². The standard InChI is InChI=1S/C25H33Cl2N3O4S/c1-18(24(32)28-25(2,3)4)29(17-19-10-7-6-8-11-19)23(31)12-9-15-30(35(5,33)34)22-16-20(26)13-14-21(22)27/h6-8,10-11,13-14,16,18H,9,12,15,17H2,1-5H3,(H,28,32)/t18-/m0/s1. The lowest BCUT2D eigenvalue weighted by Crippen LogP contribution is -2.52. The summed E-state index contributed by atoms with van der Waals surface area (Å²) in [6.07, 6.45) is 1.35. The molecule has 0 radical (unpaired) electrons. The van der Waals surface area contributed by atoms with Crippen molar-refractivity contribution in [1.82, 2.24) is 10.2 Å². The minimum Gasteiger partial charge on any atom is -0.350 e. The predicted molar refractivity (Wildman–Crippen MR) is 142 cm³/mol. The molecule has 0 heterocycles. The van der Waals surface area contributed by atoms with Gasteiger partial charge >= 0.3 is 0 Å². The van der Waals surface area contributed by atoms with Crippen LogP contribution in [0.2, 0.25) is 10.0 Å². The van der Waals surface area contributed by atoms with Crippen molar-refractivity contribution in [2.45, 2.75) is 58.7 Å². The maximum absolute atomic E-state index is 13.3. The van der Waals surface area contributed by atoms with Gasteiger partial charge in [0, 0.05) is 30.1 Å². The first-order valence-corrected chi connectivity index (χ1v) is 13.9. The summed E-state index contributed by atoms with van der Waals surface area (Å²) in [6.45, 7) is 7.61. The van der Waals surface area contributed by atoms with E-state index >= 15 is 0 Å². The van der Waals surface area contributed by atoms with Crippen molar-refractivity contribution >= 4 is 50.7 Å². The molecule has 2 aromatic rings. The molecule has 0 saturated carbocycles. The number of hydrogen-bond donors (Lipinski definition) is 1. The van der Waals surface area contributed by atoms with Crippen LogP contribution < -0.4 is 9.62 Å². The molecule has 0 aliphatic carbocycles. The Bertz CT molecular complexity index is 1140. The lowest BCUT2D eigenvalue weighted by atomic mass is 10.1. The Hall–Kier alpha value is -2.29. The van der Waals surface area contributed by atoms with Gasteiger partial charge in [0.25, 0.3) is 0 Å². The fourth-order valence-electron chi connectivity index (χ4n) is 3.50. The van der Waals surface area contributed by atoms with E-state index in [1.54, 1.807) is 13.0 Å². The van der Waals surface area contributed by atoms with Crippen molar-refractivity contribution in [3.8, 4) is 0 Å². The molecule has 0 aliphatic rings. The van der Waals surface area contributed by atoms with Crippen LogP contribution in [0.5, 0.6) is 0 Å². The fourth-order valence-corrected chi connectivity index (χ4v) is 4.90. The molecule has 0 spiro atoms. The number of nitrogens with zero attached hydrogens (tertiary/aromatic N) is 2. The Morgan fingerprint density at radius 2 is 1.69 bits per heavy atom. The second-order valence-corrected chi connectivity index (χ2v) is 12.2. The molecule has 0 aromatic heterocycles. The van der Waals surface area contributed by atoms with Gasteiger partial charge in [0.2, 0.25) is 21.8 Å². The zero-order valence-corrected chi connectivity index (χ0v) is 23.0. The summed E-state index contributed by atoms with van der Waals surface area (Å²) < 4.78 is 26.0. The van der Waals surface area contributed by atoms with Gasteiger partial charge in [-0.2, -0.15) is 0 Å².